The van der Waals surface area contributed by atoms with Crippen LogP contribution in [0.2, 0.25) is 0 Å². The number of nitrogens with one attached hydrogen (secondary N) is 1. The maximum Gasteiger partial charge on any atom is 0.243 e. The minimum absolute atomic E-state index is 0.329. The summed E-state index contributed by atoms with van der Waals surface area (Å²) in [5, 5.41) is 2.84. The summed E-state index contributed by atoms with van der Waals surface area (Å²) in [5.41, 5.74) is 3.59. The SMILES string of the molecule is Cc1ccc(N([C@@H](C)C(=O)NCCN(C)c2ccccc2)S(C)(=O)=O)cc1C. The number of rotatable bonds is 8. The number of sulfonamides is 1. The zero-order valence-electron chi connectivity index (χ0n) is 17.1. The van der Waals surface area contributed by atoms with E-state index < -0.39 is 16.1 Å². The molecule has 28 heavy (non-hydrogen) atoms. The van der Waals surface area contributed by atoms with Gasteiger partial charge >= 0.3 is 0 Å². The second kappa shape index (κ2) is 9.10. The van der Waals surface area contributed by atoms with Crippen LogP contribution in [0, 0.1) is 13.8 Å². The van der Waals surface area contributed by atoms with E-state index in [1.165, 1.54) is 4.31 Å². The molecule has 0 aliphatic heterocycles. The molecule has 2 aromatic carbocycles. The highest BCUT2D eigenvalue weighted by molar-refractivity contribution is 7.92. The molecule has 0 aliphatic carbocycles. The van der Waals surface area contributed by atoms with Gasteiger partial charge in [0.2, 0.25) is 15.9 Å². The molecule has 0 bridgehead atoms. The maximum atomic E-state index is 12.6. The standard InChI is InChI=1S/C21H29N3O3S/c1-16-11-12-20(15-17(16)2)24(28(5,26)27)18(3)21(25)22-13-14-23(4)19-9-7-6-8-10-19/h6-12,15,18H,13-14H2,1-5H3,(H,22,25)/t18-/m0/s1. The first-order valence-corrected chi connectivity index (χ1v) is 11.1. The number of anilines is 2. The van der Waals surface area contributed by atoms with Gasteiger partial charge in [0, 0.05) is 25.8 Å². The average Bonchev–Trinajstić information content (AvgIpc) is 2.64. The van der Waals surface area contributed by atoms with E-state index in [1.54, 1.807) is 19.1 Å². The molecular weight excluding hydrogens is 374 g/mol. The van der Waals surface area contributed by atoms with Crippen molar-refractivity contribution in [3.8, 4) is 0 Å². The molecule has 0 saturated carbocycles. The van der Waals surface area contributed by atoms with Crippen LogP contribution < -0.4 is 14.5 Å². The van der Waals surface area contributed by atoms with Gasteiger partial charge in [-0.1, -0.05) is 24.3 Å². The highest BCUT2D eigenvalue weighted by Gasteiger charge is 2.29. The Morgan fingerprint density at radius 2 is 1.68 bits per heavy atom. The molecule has 1 atom stereocenters. The molecule has 0 saturated heterocycles. The fourth-order valence-electron chi connectivity index (χ4n) is 2.98. The van der Waals surface area contributed by atoms with Crippen molar-refractivity contribution in [3.63, 3.8) is 0 Å². The van der Waals surface area contributed by atoms with E-state index in [-0.39, 0.29) is 5.91 Å². The predicted octanol–water partition coefficient (Wildman–Crippen LogP) is 2.71. The van der Waals surface area contributed by atoms with Gasteiger partial charge in [0.25, 0.3) is 0 Å². The van der Waals surface area contributed by atoms with Crippen LogP contribution in [0.15, 0.2) is 48.5 Å². The third kappa shape index (κ3) is 5.48. The van der Waals surface area contributed by atoms with Crippen molar-refractivity contribution in [2.45, 2.75) is 26.8 Å². The molecule has 0 aliphatic rings. The van der Waals surface area contributed by atoms with Gasteiger partial charge in [0.05, 0.1) is 11.9 Å². The van der Waals surface area contributed by atoms with Crippen LogP contribution in [-0.2, 0) is 14.8 Å². The van der Waals surface area contributed by atoms with E-state index in [0.29, 0.717) is 18.8 Å². The first-order valence-electron chi connectivity index (χ1n) is 9.22. The van der Waals surface area contributed by atoms with Crippen molar-refractivity contribution in [1.29, 1.82) is 0 Å². The largest absolute Gasteiger partial charge is 0.373 e. The number of nitrogens with zero attached hydrogens (tertiary/aromatic N) is 2. The number of carbonyl (C=O) groups excluding carboxylic acids is 1. The highest BCUT2D eigenvalue weighted by Crippen LogP contribution is 2.23. The summed E-state index contributed by atoms with van der Waals surface area (Å²) in [6, 6.07) is 14.4. The Bertz CT molecular complexity index is 914. The Morgan fingerprint density at radius 1 is 1.04 bits per heavy atom. The van der Waals surface area contributed by atoms with E-state index in [9.17, 15) is 13.2 Å². The van der Waals surface area contributed by atoms with Gasteiger partial charge in [-0.3, -0.25) is 9.10 Å². The smallest absolute Gasteiger partial charge is 0.243 e. The molecule has 0 aromatic heterocycles. The van der Waals surface area contributed by atoms with E-state index in [0.717, 1.165) is 23.1 Å². The third-order valence-corrected chi connectivity index (χ3v) is 6.02. The molecule has 0 unspecified atom stereocenters. The first-order chi connectivity index (χ1) is 13.1. The van der Waals surface area contributed by atoms with Gasteiger partial charge in [0.1, 0.15) is 6.04 Å². The summed E-state index contributed by atoms with van der Waals surface area (Å²) in [6.07, 6.45) is 1.12. The summed E-state index contributed by atoms with van der Waals surface area (Å²) < 4.78 is 25.9. The first kappa shape index (κ1) is 21.8. The quantitative estimate of drug-likeness (QED) is 0.736. The summed E-state index contributed by atoms with van der Waals surface area (Å²) in [5.74, 6) is -0.329. The van der Waals surface area contributed by atoms with Crippen LogP contribution in [0.5, 0.6) is 0 Å². The van der Waals surface area contributed by atoms with E-state index in [2.05, 4.69) is 5.32 Å². The summed E-state index contributed by atoms with van der Waals surface area (Å²) in [7, 11) is -1.67. The Kier molecular flexibility index (Phi) is 7.07. The van der Waals surface area contributed by atoms with Crippen LogP contribution in [0.4, 0.5) is 11.4 Å². The Labute approximate surface area is 168 Å². The normalized spacial score (nSPS) is 12.3. The average molecular weight is 404 g/mol. The Morgan fingerprint density at radius 3 is 2.25 bits per heavy atom. The molecule has 2 rings (SSSR count). The lowest BCUT2D eigenvalue weighted by Gasteiger charge is -2.29. The summed E-state index contributed by atoms with van der Waals surface area (Å²) in [4.78, 5) is 14.7. The molecule has 6 nitrogen and oxygen atoms in total. The van der Waals surface area contributed by atoms with Gasteiger partial charge in [-0.25, -0.2) is 8.42 Å². The molecule has 1 amide bonds. The number of carbonyl (C=O) groups is 1. The molecule has 0 fully saturated rings. The maximum absolute atomic E-state index is 12.6. The van der Waals surface area contributed by atoms with Crippen molar-refractivity contribution in [3.05, 3.63) is 59.7 Å². The number of amides is 1. The van der Waals surface area contributed by atoms with E-state index in [1.807, 2.05) is 62.2 Å². The number of benzene rings is 2. The van der Waals surface area contributed by atoms with Crippen LogP contribution >= 0.6 is 0 Å². The van der Waals surface area contributed by atoms with Crippen LogP contribution in [-0.4, -0.2) is 46.8 Å². The third-order valence-electron chi connectivity index (χ3n) is 4.78. The number of aryl methyl sites for hydroxylation is 2. The van der Waals surface area contributed by atoms with Gasteiger partial charge in [0.15, 0.2) is 0 Å². The Balaban J connectivity index is 2.06. The van der Waals surface area contributed by atoms with Crippen molar-refractivity contribution in [2.24, 2.45) is 0 Å². The van der Waals surface area contributed by atoms with Crippen molar-refractivity contribution in [2.75, 3.05) is 35.6 Å². The lowest BCUT2D eigenvalue weighted by atomic mass is 10.1. The van der Waals surface area contributed by atoms with E-state index >= 15 is 0 Å². The topological polar surface area (TPSA) is 69.7 Å². The lowest BCUT2D eigenvalue weighted by Crippen LogP contribution is -2.49. The van der Waals surface area contributed by atoms with Gasteiger partial charge in [-0.05, 0) is 56.2 Å². The molecule has 7 heteroatoms. The zero-order chi connectivity index (χ0) is 20.9. The van der Waals surface area contributed by atoms with E-state index in [4.69, 9.17) is 0 Å². The number of likely N-dealkylation sites (N-methyl/N-ethyl adjacent to an activating group) is 1. The molecule has 0 radical (unpaired) electrons. The van der Waals surface area contributed by atoms with Gasteiger partial charge in [-0.2, -0.15) is 0 Å². The number of hydrogen-bond donors (Lipinski definition) is 1. The fraction of sp³-hybridized carbons (Fsp3) is 0.381. The number of hydrogen-bond acceptors (Lipinski definition) is 4. The van der Waals surface area contributed by atoms with Gasteiger partial charge in [-0.15, -0.1) is 0 Å². The minimum Gasteiger partial charge on any atom is -0.373 e. The fourth-order valence-corrected chi connectivity index (χ4v) is 4.14. The van der Waals surface area contributed by atoms with Crippen molar-refractivity contribution >= 4 is 27.3 Å². The van der Waals surface area contributed by atoms with Crippen LogP contribution in [0.3, 0.4) is 0 Å². The number of para-hydroxylation sites is 1. The molecule has 152 valence electrons. The monoisotopic (exact) mass is 403 g/mol. The predicted molar refractivity (Wildman–Crippen MR) is 115 cm³/mol. The zero-order valence-corrected chi connectivity index (χ0v) is 18.0. The van der Waals surface area contributed by atoms with Crippen LogP contribution in [0.25, 0.3) is 0 Å². The van der Waals surface area contributed by atoms with Crippen LogP contribution in [0.1, 0.15) is 18.1 Å². The molecule has 1 N–H and O–H groups in total. The van der Waals surface area contributed by atoms with Crippen molar-refractivity contribution < 1.29 is 13.2 Å². The molecular formula is C21H29N3O3S. The second-order valence-electron chi connectivity index (χ2n) is 7.05. The summed E-state index contributed by atoms with van der Waals surface area (Å²) >= 11 is 0. The minimum atomic E-state index is -3.61. The molecule has 2 aromatic rings. The summed E-state index contributed by atoms with van der Waals surface area (Å²) in [6.45, 7) is 6.52. The highest BCUT2D eigenvalue weighted by atomic mass is 32.2. The second-order valence-corrected chi connectivity index (χ2v) is 8.91. The van der Waals surface area contributed by atoms with Crippen molar-refractivity contribution in [1.82, 2.24) is 5.32 Å². The van der Waals surface area contributed by atoms with Gasteiger partial charge < -0.3 is 10.2 Å². The lowest BCUT2D eigenvalue weighted by molar-refractivity contribution is -0.121. The molecule has 0 spiro atoms. The molecule has 0 heterocycles. The Hall–Kier alpha value is -2.54.